The van der Waals surface area contributed by atoms with Crippen LogP contribution in [0.15, 0.2) is 0 Å². The third kappa shape index (κ3) is 3.69. The smallest absolute Gasteiger partial charge is 0.224 e. The summed E-state index contributed by atoms with van der Waals surface area (Å²) in [4.78, 5) is 12.1. The molecule has 0 bridgehead atoms. The standard InChI is InChI=1S/C15H28N2O2/c1-11-12(4-9-16-11)13(18)17-10-15(19)7-5-14(2,3)6-8-15/h11-12,16,19H,4-10H2,1-3H3,(H,17,18). The van der Waals surface area contributed by atoms with Crippen molar-refractivity contribution in [3.8, 4) is 0 Å². The highest BCUT2D eigenvalue weighted by Gasteiger charge is 2.37. The molecule has 1 aliphatic heterocycles. The van der Waals surface area contributed by atoms with Gasteiger partial charge in [0.1, 0.15) is 0 Å². The molecule has 2 atom stereocenters. The maximum atomic E-state index is 12.1. The van der Waals surface area contributed by atoms with E-state index in [1.807, 2.05) is 0 Å². The van der Waals surface area contributed by atoms with Gasteiger partial charge < -0.3 is 15.7 Å². The van der Waals surface area contributed by atoms with E-state index >= 15 is 0 Å². The fourth-order valence-electron chi connectivity index (χ4n) is 3.17. The van der Waals surface area contributed by atoms with Crippen molar-refractivity contribution in [2.45, 2.75) is 64.5 Å². The molecule has 2 rings (SSSR count). The average molecular weight is 268 g/mol. The van der Waals surface area contributed by atoms with E-state index in [0.29, 0.717) is 12.0 Å². The van der Waals surface area contributed by atoms with Crippen molar-refractivity contribution >= 4 is 5.91 Å². The van der Waals surface area contributed by atoms with Crippen molar-refractivity contribution in [3.63, 3.8) is 0 Å². The number of carbonyl (C=O) groups excluding carboxylic acids is 1. The predicted octanol–water partition coefficient (Wildman–Crippen LogP) is 1.43. The van der Waals surface area contributed by atoms with Crippen LogP contribution < -0.4 is 10.6 Å². The van der Waals surface area contributed by atoms with E-state index in [1.54, 1.807) is 0 Å². The van der Waals surface area contributed by atoms with Gasteiger partial charge in [-0.1, -0.05) is 13.8 Å². The number of aliphatic hydroxyl groups is 1. The number of nitrogens with one attached hydrogen (secondary N) is 2. The summed E-state index contributed by atoms with van der Waals surface area (Å²) in [6, 6.07) is 0.250. The maximum Gasteiger partial charge on any atom is 0.224 e. The van der Waals surface area contributed by atoms with E-state index in [9.17, 15) is 9.90 Å². The van der Waals surface area contributed by atoms with Crippen LogP contribution in [0.1, 0.15) is 52.9 Å². The molecular weight excluding hydrogens is 240 g/mol. The summed E-state index contributed by atoms with van der Waals surface area (Å²) in [7, 11) is 0. The van der Waals surface area contributed by atoms with Crippen LogP contribution in [0.3, 0.4) is 0 Å². The summed E-state index contributed by atoms with van der Waals surface area (Å²) >= 11 is 0. The molecule has 2 unspecified atom stereocenters. The lowest BCUT2D eigenvalue weighted by molar-refractivity contribution is -0.127. The zero-order valence-corrected chi connectivity index (χ0v) is 12.5. The largest absolute Gasteiger partial charge is 0.388 e. The molecule has 4 heteroatoms. The van der Waals surface area contributed by atoms with E-state index in [-0.39, 0.29) is 17.9 Å². The Morgan fingerprint density at radius 3 is 2.47 bits per heavy atom. The summed E-state index contributed by atoms with van der Waals surface area (Å²) in [5.41, 5.74) is -0.361. The monoisotopic (exact) mass is 268 g/mol. The molecule has 2 fully saturated rings. The molecule has 1 saturated carbocycles. The van der Waals surface area contributed by atoms with Gasteiger partial charge in [-0.2, -0.15) is 0 Å². The second kappa shape index (κ2) is 5.41. The van der Waals surface area contributed by atoms with Gasteiger partial charge in [0.2, 0.25) is 5.91 Å². The molecule has 0 aromatic rings. The summed E-state index contributed by atoms with van der Waals surface area (Å²) in [6.07, 6.45) is 4.54. The van der Waals surface area contributed by atoms with Gasteiger partial charge in [-0.3, -0.25) is 4.79 Å². The molecule has 0 aromatic heterocycles. The summed E-state index contributed by atoms with van der Waals surface area (Å²) in [6.45, 7) is 7.87. The Bertz CT molecular complexity index is 331. The van der Waals surface area contributed by atoms with E-state index in [2.05, 4.69) is 31.4 Å². The number of carbonyl (C=O) groups is 1. The minimum atomic E-state index is -0.694. The molecular formula is C15H28N2O2. The third-order valence-corrected chi connectivity index (χ3v) is 4.99. The van der Waals surface area contributed by atoms with Crippen molar-refractivity contribution in [2.24, 2.45) is 11.3 Å². The zero-order chi connectivity index (χ0) is 14.1. The SMILES string of the molecule is CC1NCCC1C(=O)NCC1(O)CCC(C)(C)CC1. The van der Waals surface area contributed by atoms with Crippen LogP contribution in [-0.2, 0) is 4.79 Å². The lowest BCUT2D eigenvalue weighted by Crippen LogP contribution is -2.48. The van der Waals surface area contributed by atoms with Crippen molar-refractivity contribution < 1.29 is 9.90 Å². The Balaban J connectivity index is 1.80. The fraction of sp³-hybridized carbons (Fsp3) is 0.933. The molecule has 1 amide bonds. The lowest BCUT2D eigenvalue weighted by Gasteiger charge is -2.40. The highest BCUT2D eigenvalue weighted by molar-refractivity contribution is 5.79. The molecule has 1 saturated heterocycles. The van der Waals surface area contributed by atoms with E-state index in [4.69, 9.17) is 0 Å². The molecule has 2 aliphatic rings. The first-order chi connectivity index (χ1) is 8.81. The van der Waals surface area contributed by atoms with Crippen LogP contribution in [0.4, 0.5) is 0 Å². The number of hydrogen-bond donors (Lipinski definition) is 3. The van der Waals surface area contributed by atoms with Gasteiger partial charge in [0.15, 0.2) is 0 Å². The Kier molecular flexibility index (Phi) is 4.21. The van der Waals surface area contributed by atoms with E-state index in [1.165, 1.54) is 0 Å². The first-order valence-electron chi connectivity index (χ1n) is 7.55. The van der Waals surface area contributed by atoms with Gasteiger partial charge in [-0.25, -0.2) is 0 Å². The molecule has 0 radical (unpaired) electrons. The van der Waals surface area contributed by atoms with Crippen LogP contribution in [0.2, 0.25) is 0 Å². The second-order valence-electron chi connectivity index (χ2n) is 7.24. The van der Waals surface area contributed by atoms with Crippen LogP contribution in [0.5, 0.6) is 0 Å². The quantitative estimate of drug-likeness (QED) is 0.725. The molecule has 1 heterocycles. The lowest BCUT2D eigenvalue weighted by atomic mass is 9.71. The second-order valence-corrected chi connectivity index (χ2v) is 7.24. The number of hydrogen-bond acceptors (Lipinski definition) is 3. The highest BCUT2D eigenvalue weighted by atomic mass is 16.3. The Labute approximate surface area is 116 Å². The summed E-state index contributed by atoms with van der Waals surface area (Å²) in [5.74, 6) is 0.152. The Morgan fingerprint density at radius 2 is 1.95 bits per heavy atom. The Hall–Kier alpha value is -0.610. The van der Waals surface area contributed by atoms with E-state index in [0.717, 1.165) is 38.6 Å². The first-order valence-corrected chi connectivity index (χ1v) is 7.55. The maximum absolute atomic E-state index is 12.1. The van der Waals surface area contributed by atoms with Crippen molar-refractivity contribution in [1.82, 2.24) is 10.6 Å². The van der Waals surface area contributed by atoms with Gasteiger partial charge in [-0.05, 0) is 51.0 Å². The number of rotatable bonds is 3. The highest BCUT2D eigenvalue weighted by Crippen LogP contribution is 2.39. The van der Waals surface area contributed by atoms with Crippen molar-refractivity contribution in [1.29, 1.82) is 0 Å². The van der Waals surface area contributed by atoms with Crippen molar-refractivity contribution in [3.05, 3.63) is 0 Å². The summed E-state index contributed by atoms with van der Waals surface area (Å²) in [5, 5.41) is 16.8. The molecule has 3 N–H and O–H groups in total. The molecule has 4 nitrogen and oxygen atoms in total. The molecule has 19 heavy (non-hydrogen) atoms. The van der Waals surface area contributed by atoms with Crippen molar-refractivity contribution in [2.75, 3.05) is 13.1 Å². The van der Waals surface area contributed by atoms with Crippen LogP contribution in [0, 0.1) is 11.3 Å². The molecule has 0 aromatic carbocycles. The van der Waals surface area contributed by atoms with Crippen LogP contribution in [0.25, 0.3) is 0 Å². The van der Waals surface area contributed by atoms with Gasteiger partial charge in [0, 0.05) is 12.6 Å². The minimum absolute atomic E-state index is 0.0589. The van der Waals surface area contributed by atoms with Gasteiger partial charge in [-0.15, -0.1) is 0 Å². The predicted molar refractivity (Wildman–Crippen MR) is 75.8 cm³/mol. The minimum Gasteiger partial charge on any atom is -0.388 e. The average Bonchev–Trinajstić information content (AvgIpc) is 2.77. The third-order valence-electron chi connectivity index (χ3n) is 4.99. The first kappa shape index (κ1) is 14.8. The molecule has 1 aliphatic carbocycles. The molecule has 110 valence electrons. The molecule has 0 spiro atoms. The summed E-state index contributed by atoms with van der Waals surface area (Å²) < 4.78 is 0. The van der Waals surface area contributed by atoms with Crippen LogP contribution in [-0.4, -0.2) is 35.7 Å². The normalized spacial score (nSPS) is 33.1. The van der Waals surface area contributed by atoms with E-state index < -0.39 is 5.60 Å². The zero-order valence-electron chi connectivity index (χ0n) is 12.5. The van der Waals surface area contributed by atoms with Gasteiger partial charge in [0.25, 0.3) is 0 Å². The van der Waals surface area contributed by atoms with Crippen LogP contribution >= 0.6 is 0 Å². The number of amides is 1. The van der Waals surface area contributed by atoms with Gasteiger partial charge >= 0.3 is 0 Å². The Morgan fingerprint density at radius 1 is 1.32 bits per heavy atom. The van der Waals surface area contributed by atoms with Gasteiger partial charge in [0.05, 0.1) is 11.5 Å². The topological polar surface area (TPSA) is 61.4 Å². The fourth-order valence-corrected chi connectivity index (χ4v) is 3.17.